The molecular formula is C16H16BrFN2. The molecule has 1 aromatic carbocycles. The van der Waals surface area contributed by atoms with Gasteiger partial charge in [-0.05, 0) is 70.9 Å². The van der Waals surface area contributed by atoms with Crippen LogP contribution in [0.5, 0.6) is 0 Å². The minimum Gasteiger partial charge on any atom is -0.381 e. The molecule has 4 heteroatoms. The van der Waals surface area contributed by atoms with E-state index in [0.717, 1.165) is 34.3 Å². The number of anilines is 1. The standard InChI is InChI=1S/C16H16BrFN2/c1-10-5-15(9-19-16(10)17)20-14-7-12(8-14)11-3-2-4-13(18)6-11/h2-6,9,12,14,20H,7-8H2,1H3. The van der Waals surface area contributed by atoms with Crippen molar-refractivity contribution in [3.63, 3.8) is 0 Å². The molecule has 1 aromatic heterocycles. The first-order valence-corrected chi connectivity index (χ1v) is 7.55. The zero-order valence-electron chi connectivity index (χ0n) is 11.2. The average Bonchev–Trinajstić information content (AvgIpc) is 2.37. The zero-order chi connectivity index (χ0) is 14.1. The molecule has 1 heterocycles. The molecule has 0 atom stereocenters. The first kappa shape index (κ1) is 13.6. The summed E-state index contributed by atoms with van der Waals surface area (Å²) >= 11 is 3.40. The Kier molecular flexibility index (Phi) is 3.74. The highest BCUT2D eigenvalue weighted by molar-refractivity contribution is 9.10. The summed E-state index contributed by atoms with van der Waals surface area (Å²) in [7, 11) is 0. The van der Waals surface area contributed by atoms with Crippen LogP contribution in [0.2, 0.25) is 0 Å². The molecule has 2 aromatic rings. The molecule has 1 aliphatic rings. The summed E-state index contributed by atoms with van der Waals surface area (Å²) in [6, 6.07) is 9.47. The third-order valence-electron chi connectivity index (χ3n) is 3.84. The molecule has 3 rings (SSSR count). The predicted molar refractivity (Wildman–Crippen MR) is 82.5 cm³/mol. The minimum absolute atomic E-state index is 0.147. The lowest BCUT2D eigenvalue weighted by Gasteiger charge is -2.37. The molecule has 0 radical (unpaired) electrons. The lowest BCUT2D eigenvalue weighted by atomic mass is 9.76. The van der Waals surface area contributed by atoms with Gasteiger partial charge in [-0.3, -0.25) is 0 Å². The molecule has 0 spiro atoms. The van der Waals surface area contributed by atoms with Crippen LogP contribution >= 0.6 is 15.9 Å². The molecule has 2 nitrogen and oxygen atoms in total. The molecule has 0 amide bonds. The third-order valence-corrected chi connectivity index (χ3v) is 4.67. The summed E-state index contributed by atoms with van der Waals surface area (Å²) in [5.74, 6) is 0.319. The van der Waals surface area contributed by atoms with Crippen molar-refractivity contribution in [3.05, 3.63) is 58.1 Å². The van der Waals surface area contributed by atoms with Gasteiger partial charge in [-0.25, -0.2) is 9.37 Å². The second-order valence-corrected chi connectivity index (χ2v) is 6.15. The van der Waals surface area contributed by atoms with Crippen molar-refractivity contribution in [3.8, 4) is 0 Å². The Morgan fingerprint density at radius 3 is 2.80 bits per heavy atom. The van der Waals surface area contributed by atoms with E-state index in [0.29, 0.717) is 12.0 Å². The van der Waals surface area contributed by atoms with Gasteiger partial charge in [0, 0.05) is 6.04 Å². The Hall–Kier alpha value is -1.42. The number of nitrogens with zero attached hydrogens (tertiary/aromatic N) is 1. The van der Waals surface area contributed by atoms with Gasteiger partial charge >= 0.3 is 0 Å². The number of aromatic nitrogens is 1. The first-order chi connectivity index (χ1) is 9.61. The van der Waals surface area contributed by atoms with E-state index in [2.05, 4.69) is 32.3 Å². The van der Waals surface area contributed by atoms with Gasteiger partial charge in [-0.15, -0.1) is 0 Å². The summed E-state index contributed by atoms with van der Waals surface area (Å²) in [6.07, 6.45) is 3.92. The Balaban J connectivity index is 1.59. The van der Waals surface area contributed by atoms with Gasteiger partial charge < -0.3 is 5.32 Å². The van der Waals surface area contributed by atoms with Crippen molar-refractivity contribution in [2.24, 2.45) is 0 Å². The summed E-state index contributed by atoms with van der Waals surface area (Å²) in [6.45, 7) is 2.03. The predicted octanol–water partition coefficient (Wildman–Crippen LogP) is 4.65. The monoisotopic (exact) mass is 334 g/mol. The molecule has 0 unspecified atom stereocenters. The van der Waals surface area contributed by atoms with E-state index in [1.807, 2.05) is 19.2 Å². The fourth-order valence-electron chi connectivity index (χ4n) is 2.64. The lowest BCUT2D eigenvalue weighted by Crippen LogP contribution is -2.34. The maximum absolute atomic E-state index is 13.2. The second kappa shape index (κ2) is 5.52. The molecule has 104 valence electrons. The van der Waals surface area contributed by atoms with Crippen LogP contribution in [-0.4, -0.2) is 11.0 Å². The summed E-state index contributed by atoms with van der Waals surface area (Å²) in [4.78, 5) is 4.28. The normalized spacial score (nSPS) is 21.4. The van der Waals surface area contributed by atoms with Gasteiger partial charge in [0.05, 0.1) is 11.9 Å². The summed E-state index contributed by atoms with van der Waals surface area (Å²) < 4.78 is 14.1. The number of benzene rings is 1. The number of hydrogen-bond acceptors (Lipinski definition) is 2. The maximum atomic E-state index is 13.2. The highest BCUT2D eigenvalue weighted by Gasteiger charge is 2.30. The van der Waals surface area contributed by atoms with Crippen molar-refractivity contribution in [1.29, 1.82) is 0 Å². The topological polar surface area (TPSA) is 24.9 Å². The quantitative estimate of drug-likeness (QED) is 0.826. The molecule has 1 N–H and O–H groups in total. The fraction of sp³-hybridized carbons (Fsp3) is 0.312. The highest BCUT2D eigenvalue weighted by atomic mass is 79.9. The highest BCUT2D eigenvalue weighted by Crippen LogP contribution is 2.38. The number of pyridine rings is 1. The van der Waals surface area contributed by atoms with Crippen molar-refractivity contribution < 1.29 is 4.39 Å². The van der Waals surface area contributed by atoms with Gasteiger partial charge in [-0.1, -0.05) is 12.1 Å². The number of aryl methyl sites for hydroxylation is 1. The third kappa shape index (κ3) is 2.85. The van der Waals surface area contributed by atoms with E-state index in [1.54, 1.807) is 12.1 Å². The van der Waals surface area contributed by atoms with E-state index in [-0.39, 0.29) is 5.82 Å². The SMILES string of the molecule is Cc1cc(NC2CC(c3cccc(F)c3)C2)cnc1Br. The van der Waals surface area contributed by atoms with Crippen LogP contribution in [-0.2, 0) is 0 Å². The number of hydrogen-bond donors (Lipinski definition) is 1. The molecule has 1 aliphatic carbocycles. The van der Waals surface area contributed by atoms with Crippen LogP contribution in [0.4, 0.5) is 10.1 Å². The average molecular weight is 335 g/mol. The van der Waals surface area contributed by atoms with E-state index in [9.17, 15) is 4.39 Å². The van der Waals surface area contributed by atoms with Gasteiger partial charge in [0.1, 0.15) is 10.4 Å². The Morgan fingerprint density at radius 1 is 1.30 bits per heavy atom. The smallest absolute Gasteiger partial charge is 0.123 e. The van der Waals surface area contributed by atoms with Gasteiger partial charge in [0.25, 0.3) is 0 Å². The molecule has 1 saturated carbocycles. The van der Waals surface area contributed by atoms with Crippen LogP contribution in [0, 0.1) is 12.7 Å². The number of rotatable bonds is 3. The fourth-order valence-corrected chi connectivity index (χ4v) is 2.86. The zero-order valence-corrected chi connectivity index (χ0v) is 12.8. The van der Waals surface area contributed by atoms with Crippen molar-refractivity contribution in [2.75, 3.05) is 5.32 Å². The van der Waals surface area contributed by atoms with Gasteiger partial charge in [0.15, 0.2) is 0 Å². The van der Waals surface area contributed by atoms with Crippen LogP contribution < -0.4 is 5.32 Å². The second-order valence-electron chi connectivity index (χ2n) is 5.40. The van der Waals surface area contributed by atoms with Crippen LogP contribution in [0.15, 0.2) is 41.1 Å². The summed E-state index contributed by atoms with van der Waals surface area (Å²) in [5.41, 5.74) is 3.28. The van der Waals surface area contributed by atoms with Crippen molar-refractivity contribution in [2.45, 2.75) is 31.7 Å². The molecule has 1 fully saturated rings. The van der Waals surface area contributed by atoms with Crippen LogP contribution in [0.25, 0.3) is 0 Å². The number of halogens is 2. The van der Waals surface area contributed by atoms with Gasteiger partial charge in [-0.2, -0.15) is 0 Å². The van der Waals surface area contributed by atoms with Crippen molar-refractivity contribution >= 4 is 21.6 Å². The van der Waals surface area contributed by atoms with E-state index in [4.69, 9.17) is 0 Å². The number of nitrogens with one attached hydrogen (secondary N) is 1. The maximum Gasteiger partial charge on any atom is 0.123 e. The minimum atomic E-state index is -0.147. The van der Waals surface area contributed by atoms with Gasteiger partial charge in [0.2, 0.25) is 0 Å². The molecule has 0 bridgehead atoms. The first-order valence-electron chi connectivity index (χ1n) is 6.76. The largest absolute Gasteiger partial charge is 0.381 e. The van der Waals surface area contributed by atoms with Crippen molar-refractivity contribution in [1.82, 2.24) is 4.98 Å². The Bertz CT molecular complexity index is 624. The van der Waals surface area contributed by atoms with E-state index < -0.39 is 0 Å². The Morgan fingerprint density at radius 2 is 2.10 bits per heavy atom. The van der Waals surface area contributed by atoms with Crippen LogP contribution in [0.1, 0.15) is 29.9 Å². The molecule has 0 saturated heterocycles. The van der Waals surface area contributed by atoms with E-state index in [1.165, 1.54) is 6.07 Å². The lowest BCUT2D eigenvalue weighted by molar-refractivity contribution is 0.373. The molecule has 20 heavy (non-hydrogen) atoms. The van der Waals surface area contributed by atoms with Crippen LogP contribution in [0.3, 0.4) is 0 Å². The molecular weight excluding hydrogens is 319 g/mol. The molecule has 0 aliphatic heterocycles. The summed E-state index contributed by atoms with van der Waals surface area (Å²) in [5, 5.41) is 3.48. The van der Waals surface area contributed by atoms with E-state index >= 15 is 0 Å². The Labute approximate surface area is 126 Å².